The molecule has 2 saturated heterocycles. The van der Waals surface area contributed by atoms with Crippen molar-refractivity contribution >= 4 is 57.7 Å². The molecule has 402 valence electrons. The number of halogens is 1. The van der Waals surface area contributed by atoms with Crippen molar-refractivity contribution in [3.8, 4) is 0 Å². The highest BCUT2D eigenvalue weighted by atomic mass is 79.9. The summed E-state index contributed by atoms with van der Waals surface area (Å²) >= 11 is 3.49. The van der Waals surface area contributed by atoms with Crippen LogP contribution in [0.5, 0.6) is 0 Å². The van der Waals surface area contributed by atoms with Crippen LogP contribution < -0.4 is 0 Å². The minimum absolute atomic E-state index is 0.0162. The van der Waals surface area contributed by atoms with Crippen molar-refractivity contribution in [2.45, 2.75) is 60.1 Å². The molecule has 2 aliphatic heterocycles. The zero-order valence-corrected chi connectivity index (χ0v) is 43.3. The number of carbonyl (C=O) groups is 7. The smallest absolute Gasteiger partial charge is 0.338 e. The zero-order valence-electron chi connectivity index (χ0n) is 41.7. The van der Waals surface area contributed by atoms with Gasteiger partial charge in [-0.2, -0.15) is 0 Å². The van der Waals surface area contributed by atoms with Crippen LogP contribution in [0.25, 0.3) is 0 Å². The third kappa shape index (κ3) is 14.0. The number of esters is 7. The van der Waals surface area contributed by atoms with E-state index in [2.05, 4.69) is 15.9 Å². The van der Waals surface area contributed by atoms with Crippen molar-refractivity contribution in [3.05, 3.63) is 251 Å². The first-order valence-electron chi connectivity index (χ1n) is 24.9. The Morgan fingerprint density at radius 3 is 0.886 bits per heavy atom. The number of rotatable bonds is 18. The van der Waals surface area contributed by atoms with Gasteiger partial charge in [0.2, 0.25) is 0 Å². The lowest BCUT2D eigenvalue weighted by atomic mass is 9.96. The summed E-state index contributed by atoms with van der Waals surface area (Å²) in [6, 6.07) is 55.1. The standard InChI is InChI=1S/C61H49BrO17/c62-53-51(77-59(68)43-32-18-6-19-33-43)49(75-57(66)41-28-14-4-15-29-41)48(45(72-53)36-70-54(63)38-22-8-1-9-23-38)79-61-52(78-60(69)44-34-20-7-21-35-44)50(76-58(67)42-30-16-5-17-31-42)47(74-56(65)40-26-12-3-13-27-40)46(73-61)37-71-55(64)39-24-10-2-11-25-39/h1-35,45-53,61H,36-37H2/t45-,46-,47+,48-,49+,50+,51-,52-,53+,61+/m1/s1. The van der Waals surface area contributed by atoms with E-state index in [9.17, 15) is 33.6 Å². The molecule has 0 radical (unpaired) electrons. The number of hydrogen-bond donors (Lipinski definition) is 0. The summed E-state index contributed by atoms with van der Waals surface area (Å²) in [7, 11) is 0. The van der Waals surface area contributed by atoms with Gasteiger partial charge in [-0.15, -0.1) is 0 Å². The Labute approximate surface area is 461 Å². The highest BCUT2D eigenvalue weighted by Crippen LogP contribution is 2.38. The van der Waals surface area contributed by atoms with Gasteiger partial charge in [-0.3, -0.25) is 0 Å². The van der Waals surface area contributed by atoms with Gasteiger partial charge in [0.05, 0.1) is 38.9 Å². The lowest BCUT2D eigenvalue weighted by Gasteiger charge is -2.48. The summed E-state index contributed by atoms with van der Waals surface area (Å²) < 4.78 is 63.0. The molecular formula is C61H49BrO17. The Bertz CT molecular complexity index is 3170. The molecule has 0 aromatic heterocycles. The van der Waals surface area contributed by atoms with Crippen molar-refractivity contribution in [1.82, 2.24) is 0 Å². The fraction of sp³-hybridized carbons (Fsp3) is 0.197. The quantitative estimate of drug-likeness (QED) is 0.0445. The molecule has 0 spiro atoms. The summed E-state index contributed by atoms with van der Waals surface area (Å²) in [4.78, 5) is 98.9. The Kier molecular flexibility index (Phi) is 18.4. The summed E-state index contributed by atoms with van der Waals surface area (Å²) in [6.07, 6.45) is -15.7. The van der Waals surface area contributed by atoms with Gasteiger partial charge in [0, 0.05) is 0 Å². The van der Waals surface area contributed by atoms with Crippen molar-refractivity contribution in [3.63, 3.8) is 0 Å². The van der Waals surface area contributed by atoms with E-state index >= 15 is 0 Å². The van der Waals surface area contributed by atoms with Crippen LogP contribution in [-0.4, -0.2) is 115 Å². The second-order valence-electron chi connectivity index (χ2n) is 17.8. The molecule has 7 aromatic rings. The van der Waals surface area contributed by atoms with Crippen LogP contribution in [0, 0.1) is 0 Å². The minimum Gasteiger partial charge on any atom is -0.459 e. The van der Waals surface area contributed by atoms with Crippen molar-refractivity contribution in [2.75, 3.05) is 13.2 Å². The second-order valence-corrected chi connectivity index (χ2v) is 18.7. The third-order valence-corrected chi connectivity index (χ3v) is 13.2. The molecule has 18 heteroatoms. The summed E-state index contributed by atoms with van der Waals surface area (Å²) in [6.45, 7) is -1.34. The molecule has 9 rings (SSSR count). The average molecular weight is 1130 g/mol. The molecule has 2 heterocycles. The molecule has 0 bridgehead atoms. The van der Waals surface area contributed by atoms with Gasteiger partial charge in [0.25, 0.3) is 0 Å². The van der Waals surface area contributed by atoms with Crippen molar-refractivity contribution in [1.29, 1.82) is 0 Å². The van der Waals surface area contributed by atoms with E-state index in [0.29, 0.717) is 0 Å². The summed E-state index contributed by atoms with van der Waals surface area (Å²) in [5.41, 5.74) is 0.594. The fourth-order valence-corrected chi connectivity index (χ4v) is 9.25. The van der Waals surface area contributed by atoms with E-state index in [1.807, 2.05) is 0 Å². The first-order chi connectivity index (χ1) is 38.5. The SMILES string of the molecule is O=C(OC[C@H]1O[C@@H](O[C@H]2[C@H](OC(=O)c3ccccc3)[C@@H](OC(=O)c3ccccc3)[C@@H](Br)O[C@@H]2COC(=O)c2ccccc2)[C@H](OC(=O)c2ccccc2)[C@@H](OC(=O)c2ccccc2)[C@H]1OC(=O)c1ccccc1)c1ccccc1. The van der Waals surface area contributed by atoms with Gasteiger partial charge in [-0.1, -0.05) is 143 Å². The fourth-order valence-electron chi connectivity index (χ4n) is 8.56. The van der Waals surface area contributed by atoms with E-state index in [0.717, 1.165) is 0 Å². The predicted octanol–water partition coefficient (Wildman–Crippen LogP) is 9.06. The maximum absolute atomic E-state index is 14.5. The highest BCUT2D eigenvalue weighted by molar-refractivity contribution is 9.09. The Hall–Kier alpha value is -8.81. The number of alkyl halides is 1. The molecule has 2 aliphatic rings. The Balaban J connectivity index is 1.18. The molecule has 79 heavy (non-hydrogen) atoms. The first-order valence-corrected chi connectivity index (χ1v) is 25.8. The van der Waals surface area contributed by atoms with Crippen LogP contribution in [0.1, 0.15) is 72.5 Å². The maximum atomic E-state index is 14.5. The molecule has 2 fully saturated rings. The van der Waals surface area contributed by atoms with Crippen LogP contribution in [0.2, 0.25) is 0 Å². The molecule has 0 saturated carbocycles. The zero-order chi connectivity index (χ0) is 55.1. The normalized spacial score (nSPS) is 22.4. The molecule has 0 amide bonds. The second kappa shape index (κ2) is 26.5. The van der Waals surface area contributed by atoms with Crippen LogP contribution in [0.4, 0.5) is 0 Å². The van der Waals surface area contributed by atoms with Gasteiger partial charge in [0.1, 0.15) is 31.5 Å². The van der Waals surface area contributed by atoms with Crippen molar-refractivity contribution < 1.29 is 80.9 Å². The third-order valence-electron chi connectivity index (χ3n) is 12.5. The predicted molar refractivity (Wildman–Crippen MR) is 283 cm³/mol. The van der Waals surface area contributed by atoms with Crippen LogP contribution in [0.15, 0.2) is 212 Å². The molecule has 0 aliphatic carbocycles. The molecule has 0 unspecified atom stereocenters. The van der Waals surface area contributed by atoms with E-state index in [4.69, 9.17) is 47.4 Å². The molecular weight excluding hydrogens is 1080 g/mol. The maximum Gasteiger partial charge on any atom is 0.338 e. The van der Waals surface area contributed by atoms with Crippen molar-refractivity contribution in [2.24, 2.45) is 0 Å². The van der Waals surface area contributed by atoms with Gasteiger partial charge >= 0.3 is 41.8 Å². The van der Waals surface area contributed by atoms with Gasteiger partial charge < -0.3 is 47.4 Å². The monoisotopic (exact) mass is 1130 g/mol. The van der Waals surface area contributed by atoms with Crippen LogP contribution >= 0.6 is 15.9 Å². The summed E-state index contributed by atoms with van der Waals surface area (Å²) in [5.74, 6) is -6.33. The number of ether oxygens (including phenoxy) is 10. The molecule has 7 aromatic carbocycles. The highest BCUT2D eigenvalue weighted by Gasteiger charge is 2.58. The number of hydrogen-bond acceptors (Lipinski definition) is 17. The number of carbonyl (C=O) groups excluding carboxylic acids is 7. The van der Waals surface area contributed by atoms with Gasteiger partial charge in [0.15, 0.2) is 41.8 Å². The average Bonchev–Trinajstić information content (AvgIpc) is 3.60. The van der Waals surface area contributed by atoms with Gasteiger partial charge in [-0.05, 0) is 84.9 Å². The van der Waals surface area contributed by atoms with E-state index in [1.54, 1.807) is 127 Å². The van der Waals surface area contributed by atoms with E-state index in [1.165, 1.54) is 84.9 Å². The lowest BCUT2D eigenvalue weighted by molar-refractivity contribution is -0.334. The largest absolute Gasteiger partial charge is 0.459 e. The van der Waals surface area contributed by atoms with Gasteiger partial charge in [-0.25, -0.2) is 33.6 Å². The Morgan fingerprint density at radius 2 is 0.557 bits per heavy atom. The van der Waals surface area contributed by atoms with Crippen LogP contribution in [0.3, 0.4) is 0 Å². The minimum atomic E-state index is -2.01. The molecule has 10 atom stereocenters. The van der Waals surface area contributed by atoms with E-state index in [-0.39, 0.29) is 38.9 Å². The number of benzene rings is 7. The molecule has 17 nitrogen and oxygen atoms in total. The Morgan fingerprint density at radius 1 is 0.304 bits per heavy atom. The topological polar surface area (TPSA) is 212 Å². The lowest BCUT2D eigenvalue weighted by Crippen LogP contribution is -2.66. The van der Waals surface area contributed by atoms with Crippen LogP contribution in [-0.2, 0) is 47.4 Å². The molecule has 0 N–H and O–H groups in total. The summed E-state index contributed by atoms with van der Waals surface area (Å²) in [5, 5.41) is -1.31. The van der Waals surface area contributed by atoms with E-state index < -0.39 is 115 Å². The first kappa shape index (κ1) is 55.0.